The molecular weight excluding hydrogens is 441 g/mol. The summed E-state index contributed by atoms with van der Waals surface area (Å²) in [5.74, 6) is -0.735. The number of H-pyrrole nitrogens is 1. The molecule has 1 aromatic carbocycles. The maximum Gasteiger partial charge on any atom is 0.222 e. The van der Waals surface area contributed by atoms with E-state index in [2.05, 4.69) is 25.5 Å². The van der Waals surface area contributed by atoms with Crippen LogP contribution < -0.4 is 10.1 Å². The fraction of sp³-hybridized carbons (Fsp3) is 0.250. The molecule has 1 aliphatic rings. The molecule has 12 heteroatoms. The van der Waals surface area contributed by atoms with Gasteiger partial charge in [0.2, 0.25) is 11.8 Å². The highest BCUT2D eigenvalue weighted by molar-refractivity contribution is 6.35. The van der Waals surface area contributed by atoms with Crippen LogP contribution in [0.3, 0.4) is 0 Å². The molecule has 2 amide bonds. The fourth-order valence-electron chi connectivity index (χ4n) is 3.65. The minimum atomic E-state index is -0.744. The molecule has 0 atom stereocenters. The topological polar surface area (TPSA) is 118 Å². The van der Waals surface area contributed by atoms with Crippen LogP contribution in [0.2, 0.25) is 5.02 Å². The van der Waals surface area contributed by atoms with Gasteiger partial charge in [-0.2, -0.15) is 5.10 Å². The monoisotopic (exact) mass is 457 g/mol. The van der Waals surface area contributed by atoms with Gasteiger partial charge in [-0.3, -0.25) is 19.7 Å². The normalized spacial score (nSPS) is 14.1. The van der Waals surface area contributed by atoms with Crippen molar-refractivity contribution in [3.63, 3.8) is 0 Å². The van der Waals surface area contributed by atoms with Crippen LogP contribution in [0.1, 0.15) is 13.8 Å². The number of likely N-dealkylation sites (tertiary alicyclic amines) is 1. The molecule has 32 heavy (non-hydrogen) atoms. The SMILES string of the molecule is CC(=O)Nc1cn2cc(-c3c(Cl)c(F)c(OC4CN(C(C)=O)C4)c4[nH]ncc34)ncc2n1. The van der Waals surface area contributed by atoms with E-state index in [0.29, 0.717) is 46.7 Å². The highest BCUT2D eigenvalue weighted by atomic mass is 35.5. The zero-order valence-electron chi connectivity index (χ0n) is 17.0. The highest BCUT2D eigenvalue weighted by Gasteiger charge is 2.33. The third kappa shape index (κ3) is 3.30. The van der Waals surface area contributed by atoms with Gasteiger partial charge in [-0.05, 0) is 0 Å². The van der Waals surface area contributed by atoms with Crippen molar-refractivity contribution in [1.82, 2.24) is 29.5 Å². The number of rotatable bonds is 4. The Kier molecular flexibility index (Phi) is 4.70. The highest BCUT2D eigenvalue weighted by Crippen LogP contribution is 2.42. The maximum absolute atomic E-state index is 15.3. The van der Waals surface area contributed by atoms with Gasteiger partial charge in [0, 0.05) is 31.0 Å². The van der Waals surface area contributed by atoms with Crippen LogP contribution in [0, 0.1) is 5.82 Å². The van der Waals surface area contributed by atoms with Crippen molar-refractivity contribution in [1.29, 1.82) is 0 Å². The molecular formula is C20H17ClFN7O3. The number of fused-ring (bicyclic) bond motifs is 2. The van der Waals surface area contributed by atoms with Gasteiger partial charge in [-0.15, -0.1) is 0 Å². The van der Waals surface area contributed by atoms with Gasteiger partial charge in [-0.1, -0.05) is 11.6 Å². The Morgan fingerprint density at radius 3 is 2.78 bits per heavy atom. The second kappa shape index (κ2) is 7.45. The third-order valence-corrected chi connectivity index (χ3v) is 5.58. The molecule has 0 radical (unpaired) electrons. The lowest BCUT2D eigenvalue weighted by Gasteiger charge is -2.38. The van der Waals surface area contributed by atoms with E-state index in [0.717, 1.165) is 0 Å². The first-order valence-corrected chi connectivity index (χ1v) is 10.1. The molecule has 0 spiro atoms. The van der Waals surface area contributed by atoms with Crippen LogP contribution in [0.25, 0.3) is 27.8 Å². The Balaban J connectivity index is 1.55. The molecule has 1 fully saturated rings. The number of ether oxygens (including phenoxy) is 1. The number of nitrogens with zero attached hydrogens (tertiary/aromatic N) is 5. The quantitative estimate of drug-likeness (QED) is 0.486. The molecule has 4 aromatic rings. The largest absolute Gasteiger partial charge is 0.481 e. The second-order valence-corrected chi connectivity index (χ2v) is 7.88. The van der Waals surface area contributed by atoms with Crippen molar-refractivity contribution in [2.75, 3.05) is 18.4 Å². The minimum Gasteiger partial charge on any atom is -0.481 e. The second-order valence-electron chi connectivity index (χ2n) is 7.50. The van der Waals surface area contributed by atoms with Crippen LogP contribution in [0.15, 0.2) is 24.8 Å². The summed E-state index contributed by atoms with van der Waals surface area (Å²) in [4.78, 5) is 32.9. The predicted octanol–water partition coefficient (Wildman–Crippen LogP) is 2.63. The summed E-state index contributed by atoms with van der Waals surface area (Å²) >= 11 is 6.43. The molecule has 164 valence electrons. The fourth-order valence-corrected chi connectivity index (χ4v) is 3.94. The van der Waals surface area contributed by atoms with Crippen LogP contribution >= 0.6 is 11.6 Å². The van der Waals surface area contributed by atoms with E-state index in [1.807, 2.05) is 0 Å². The number of hydrogen-bond donors (Lipinski definition) is 2. The number of anilines is 1. The van der Waals surface area contributed by atoms with E-state index in [1.54, 1.807) is 21.7 Å². The number of imidazole rings is 1. The molecule has 5 rings (SSSR count). The van der Waals surface area contributed by atoms with Crippen molar-refractivity contribution in [2.24, 2.45) is 0 Å². The zero-order chi connectivity index (χ0) is 22.6. The van der Waals surface area contributed by atoms with Crippen LogP contribution in [0.5, 0.6) is 5.75 Å². The molecule has 4 heterocycles. The number of benzene rings is 1. The number of aromatic nitrogens is 5. The first-order valence-electron chi connectivity index (χ1n) is 9.70. The maximum atomic E-state index is 15.3. The number of carbonyl (C=O) groups is 2. The average Bonchev–Trinajstić information content (AvgIpc) is 3.32. The molecule has 1 aliphatic heterocycles. The molecule has 1 saturated heterocycles. The number of carbonyl (C=O) groups excluding carboxylic acids is 2. The average molecular weight is 458 g/mol. The molecule has 10 nitrogen and oxygen atoms in total. The van der Waals surface area contributed by atoms with Crippen molar-refractivity contribution >= 4 is 45.8 Å². The summed E-state index contributed by atoms with van der Waals surface area (Å²) in [6.45, 7) is 3.61. The molecule has 0 aliphatic carbocycles. The number of halogens is 2. The summed E-state index contributed by atoms with van der Waals surface area (Å²) in [6, 6.07) is 0. The number of nitrogens with one attached hydrogen (secondary N) is 2. The van der Waals surface area contributed by atoms with E-state index in [-0.39, 0.29) is 28.7 Å². The molecule has 3 aromatic heterocycles. The minimum absolute atomic E-state index is 0.0453. The van der Waals surface area contributed by atoms with Gasteiger partial charge < -0.3 is 19.4 Å². The molecule has 2 N–H and O–H groups in total. The Morgan fingerprint density at radius 1 is 1.28 bits per heavy atom. The van der Waals surface area contributed by atoms with E-state index < -0.39 is 5.82 Å². The summed E-state index contributed by atoms with van der Waals surface area (Å²) in [6.07, 6.45) is 5.93. The lowest BCUT2D eigenvalue weighted by atomic mass is 10.1. The molecule has 0 unspecified atom stereocenters. The molecule has 0 bridgehead atoms. The summed E-state index contributed by atoms with van der Waals surface area (Å²) < 4.78 is 22.8. The van der Waals surface area contributed by atoms with E-state index in [1.165, 1.54) is 26.2 Å². The van der Waals surface area contributed by atoms with Crippen molar-refractivity contribution < 1.29 is 18.7 Å². The first-order chi connectivity index (χ1) is 15.3. The van der Waals surface area contributed by atoms with Gasteiger partial charge in [0.15, 0.2) is 23.0 Å². The standard InChI is InChI=1S/C20H17ClFN7O3/c1-9(30)25-14-8-29-7-13(23-4-15(29)26-14)16-12-3-24-27-19(12)20(18(22)17(16)21)32-11-5-28(6-11)10(2)31/h3-4,7-8,11H,5-6H2,1-2H3,(H,24,27)(H,25,30). The van der Waals surface area contributed by atoms with E-state index in [4.69, 9.17) is 16.3 Å². The lowest BCUT2D eigenvalue weighted by Crippen LogP contribution is -2.55. The predicted molar refractivity (Wildman–Crippen MR) is 114 cm³/mol. The van der Waals surface area contributed by atoms with Gasteiger partial charge in [0.05, 0.1) is 42.4 Å². The number of hydrogen-bond acceptors (Lipinski definition) is 6. The van der Waals surface area contributed by atoms with Crippen LogP contribution in [-0.4, -0.2) is 60.5 Å². The smallest absolute Gasteiger partial charge is 0.222 e. The van der Waals surface area contributed by atoms with Gasteiger partial charge in [0.1, 0.15) is 11.6 Å². The summed E-state index contributed by atoms with van der Waals surface area (Å²) in [7, 11) is 0. The van der Waals surface area contributed by atoms with E-state index in [9.17, 15) is 9.59 Å². The molecule has 0 saturated carbocycles. The Bertz CT molecular complexity index is 1390. The third-order valence-electron chi connectivity index (χ3n) is 5.23. The Morgan fingerprint density at radius 2 is 2.06 bits per heavy atom. The van der Waals surface area contributed by atoms with Crippen molar-refractivity contribution in [2.45, 2.75) is 20.0 Å². The summed E-state index contributed by atoms with van der Waals surface area (Å²) in [5, 5.41) is 9.78. The number of amides is 2. The summed E-state index contributed by atoms with van der Waals surface area (Å²) in [5.41, 5.74) is 1.57. The lowest BCUT2D eigenvalue weighted by molar-refractivity contribution is -0.137. The van der Waals surface area contributed by atoms with Gasteiger partial charge >= 0.3 is 0 Å². The van der Waals surface area contributed by atoms with Crippen LogP contribution in [-0.2, 0) is 9.59 Å². The van der Waals surface area contributed by atoms with Crippen LogP contribution in [0.4, 0.5) is 10.2 Å². The number of aromatic amines is 1. The van der Waals surface area contributed by atoms with Gasteiger partial charge in [0.25, 0.3) is 0 Å². The Labute approximate surface area is 185 Å². The zero-order valence-corrected chi connectivity index (χ0v) is 17.8. The van der Waals surface area contributed by atoms with Crippen molar-refractivity contribution in [3.05, 3.63) is 35.6 Å². The van der Waals surface area contributed by atoms with E-state index >= 15 is 4.39 Å². The first kappa shape index (κ1) is 20.2. The van der Waals surface area contributed by atoms with Crippen molar-refractivity contribution in [3.8, 4) is 17.0 Å². The Hall–Kier alpha value is -3.73. The van der Waals surface area contributed by atoms with Gasteiger partial charge in [-0.25, -0.2) is 9.37 Å².